The van der Waals surface area contributed by atoms with Crippen molar-refractivity contribution in [1.82, 2.24) is 4.98 Å². The second-order valence-corrected chi connectivity index (χ2v) is 6.27. The van der Waals surface area contributed by atoms with Gasteiger partial charge in [0.1, 0.15) is 21.8 Å². The molecule has 0 N–H and O–H groups in total. The van der Waals surface area contributed by atoms with Crippen LogP contribution in [0.5, 0.6) is 5.75 Å². The maximum Gasteiger partial charge on any atom is 0.170 e. The average Bonchev–Trinajstić information content (AvgIpc) is 2.42. The van der Waals surface area contributed by atoms with E-state index in [1.165, 1.54) is 12.1 Å². The van der Waals surface area contributed by atoms with Gasteiger partial charge >= 0.3 is 0 Å². The predicted octanol–water partition coefficient (Wildman–Crippen LogP) is 3.95. The Morgan fingerprint density at radius 2 is 2.10 bits per heavy atom. The van der Waals surface area contributed by atoms with Crippen molar-refractivity contribution in [2.45, 2.75) is 25.4 Å². The molecule has 2 aromatic rings. The van der Waals surface area contributed by atoms with Crippen LogP contribution in [0.25, 0.3) is 0 Å². The molecule has 1 aromatic carbocycles. The number of aromatic nitrogens is 1. The molecule has 0 amide bonds. The van der Waals surface area contributed by atoms with Gasteiger partial charge in [-0.3, -0.25) is 4.79 Å². The number of Topliss-reactive ketones (excluding diaryl/α,β-unsaturated/α-hetero) is 1. The summed E-state index contributed by atoms with van der Waals surface area (Å²) in [4.78, 5) is 16.4. The molecule has 1 atom stereocenters. The van der Waals surface area contributed by atoms with Gasteiger partial charge in [0.05, 0.1) is 18.2 Å². The molecule has 1 aliphatic heterocycles. The Balaban J connectivity index is 1.88. The van der Waals surface area contributed by atoms with Crippen LogP contribution in [0.2, 0.25) is 0 Å². The van der Waals surface area contributed by atoms with E-state index in [1.807, 2.05) is 6.92 Å². The first kappa shape index (κ1) is 14.2. The van der Waals surface area contributed by atoms with E-state index in [1.54, 1.807) is 24.4 Å². The maximum absolute atomic E-state index is 13.0. The zero-order chi connectivity index (χ0) is 15.0. The molecule has 2 heterocycles. The van der Waals surface area contributed by atoms with Crippen molar-refractivity contribution >= 4 is 21.7 Å². The third-order valence-electron chi connectivity index (χ3n) is 3.52. The molecule has 3 rings (SSSR count). The Hall–Kier alpha value is -1.75. The maximum atomic E-state index is 13.0. The molecule has 0 aliphatic carbocycles. The fourth-order valence-electron chi connectivity index (χ4n) is 2.59. The van der Waals surface area contributed by atoms with Crippen molar-refractivity contribution in [3.63, 3.8) is 0 Å². The van der Waals surface area contributed by atoms with Crippen LogP contribution in [0.15, 0.2) is 41.1 Å². The molecule has 0 radical (unpaired) electrons. The summed E-state index contributed by atoms with van der Waals surface area (Å²) in [6.07, 6.45) is 2.38. The lowest BCUT2D eigenvalue weighted by atomic mass is 9.87. The number of benzene rings is 1. The fourth-order valence-corrected chi connectivity index (χ4v) is 2.92. The molecule has 1 aromatic heterocycles. The highest BCUT2D eigenvalue weighted by Gasteiger charge is 2.37. The number of pyridine rings is 1. The van der Waals surface area contributed by atoms with Crippen LogP contribution >= 0.6 is 15.9 Å². The Labute approximate surface area is 130 Å². The topological polar surface area (TPSA) is 39.2 Å². The van der Waals surface area contributed by atoms with Crippen LogP contribution in [0, 0.1) is 5.82 Å². The van der Waals surface area contributed by atoms with E-state index in [0.29, 0.717) is 22.3 Å². The molecule has 0 saturated heterocycles. The molecule has 3 nitrogen and oxygen atoms in total. The first-order chi connectivity index (χ1) is 9.95. The minimum absolute atomic E-state index is 0.0314. The minimum atomic E-state index is -0.641. The molecule has 0 fully saturated rings. The quantitative estimate of drug-likeness (QED) is 0.770. The second-order valence-electron chi connectivity index (χ2n) is 5.46. The van der Waals surface area contributed by atoms with Crippen molar-refractivity contribution in [2.75, 3.05) is 0 Å². The highest BCUT2D eigenvalue weighted by molar-refractivity contribution is 9.10. The summed E-state index contributed by atoms with van der Waals surface area (Å²) in [5.41, 5.74) is 0.839. The van der Waals surface area contributed by atoms with Gasteiger partial charge < -0.3 is 4.74 Å². The summed E-state index contributed by atoms with van der Waals surface area (Å²) < 4.78 is 19.6. The second kappa shape index (κ2) is 5.22. The van der Waals surface area contributed by atoms with Gasteiger partial charge in [0.25, 0.3) is 0 Å². The number of carbonyl (C=O) groups is 1. The molecule has 21 heavy (non-hydrogen) atoms. The molecule has 1 unspecified atom stereocenters. The molecule has 5 heteroatoms. The SMILES string of the molecule is CC1(Cc2ccc(F)cc2)CC(=O)c2cc(Br)ncc2O1. The number of hydrogen-bond donors (Lipinski definition) is 0. The monoisotopic (exact) mass is 349 g/mol. The van der Waals surface area contributed by atoms with Gasteiger partial charge in [-0.25, -0.2) is 9.37 Å². The lowest BCUT2D eigenvalue weighted by Crippen LogP contribution is -2.41. The number of halogens is 2. The largest absolute Gasteiger partial charge is 0.484 e. The number of hydrogen-bond acceptors (Lipinski definition) is 3. The van der Waals surface area contributed by atoms with Crippen LogP contribution in [0.3, 0.4) is 0 Å². The van der Waals surface area contributed by atoms with Gasteiger partial charge in [-0.15, -0.1) is 0 Å². The van der Waals surface area contributed by atoms with Crippen LogP contribution in [0.4, 0.5) is 4.39 Å². The van der Waals surface area contributed by atoms with E-state index < -0.39 is 5.60 Å². The molecule has 108 valence electrons. The van der Waals surface area contributed by atoms with Crippen LogP contribution in [0.1, 0.15) is 29.3 Å². The molecule has 0 spiro atoms. The zero-order valence-corrected chi connectivity index (χ0v) is 13.0. The average molecular weight is 350 g/mol. The van der Waals surface area contributed by atoms with Gasteiger partial charge in [0.2, 0.25) is 0 Å². The number of fused-ring (bicyclic) bond motifs is 1. The van der Waals surface area contributed by atoms with Gasteiger partial charge in [-0.2, -0.15) is 0 Å². The Kier molecular flexibility index (Phi) is 3.53. The Bertz CT molecular complexity index is 702. The lowest BCUT2D eigenvalue weighted by Gasteiger charge is -2.34. The van der Waals surface area contributed by atoms with E-state index >= 15 is 0 Å². The van der Waals surface area contributed by atoms with E-state index in [0.717, 1.165) is 5.56 Å². The van der Waals surface area contributed by atoms with Gasteiger partial charge in [0, 0.05) is 6.42 Å². The fraction of sp³-hybridized carbons (Fsp3) is 0.250. The normalized spacial score (nSPS) is 20.8. The predicted molar refractivity (Wildman–Crippen MR) is 80.0 cm³/mol. The third kappa shape index (κ3) is 2.97. The zero-order valence-electron chi connectivity index (χ0n) is 11.4. The van der Waals surface area contributed by atoms with Crippen molar-refractivity contribution < 1.29 is 13.9 Å². The molecule has 0 bridgehead atoms. The van der Waals surface area contributed by atoms with Crippen LogP contribution in [-0.2, 0) is 6.42 Å². The van der Waals surface area contributed by atoms with E-state index in [-0.39, 0.29) is 18.0 Å². The number of ketones is 1. The summed E-state index contributed by atoms with van der Waals surface area (Å²) in [6.45, 7) is 1.89. The number of carbonyl (C=O) groups excluding carboxylic acids is 1. The highest BCUT2D eigenvalue weighted by Crippen LogP contribution is 2.35. The number of nitrogens with zero attached hydrogens (tertiary/aromatic N) is 1. The van der Waals surface area contributed by atoms with Crippen LogP contribution in [-0.4, -0.2) is 16.4 Å². The van der Waals surface area contributed by atoms with Gasteiger partial charge in [-0.1, -0.05) is 12.1 Å². The summed E-state index contributed by atoms with van der Waals surface area (Å²) in [5.74, 6) is 0.256. The van der Waals surface area contributed by atoms with Crippen molar-refractivity contribution in [3.05, 3.63) is 58.1 Å². The third-order valence-corrected chi connectivity index (χ3v) is 3.95. The summed E-state index contributed by atoms with van der Waals surface area (Å²) in [5, 5.41) is 0. The van der Waals surface area contributed by atoms with Gasteiger partial charge in [0.15, 0.2) is 5.78 Å². The molecular weight excluding hydrogens is 337 g/mol. The van der Waals surface area contributed by atoms with Crippen molar-refractivity contribution in [3.8, 4) is 5.75 Å². The molecular formula is C16H13BrFNO2. The first-order valence-corrected chi connectivity index (χ1v) is 7.37. The minimum Gasteiger partial charge on any atom is -0.484 e. The first-order valence-electron chi connectivity index (χ1n) is 6.57. The number of ether oxygens (including phenoxy) is 1. The van der Waals surface area contributed by atoms with Crippen molar-refractivity contribution in [1.29, 1.82) is 0 Å². The van der Waals surface area contributed by atoms with E-state index in [2.05, 4.69) is 20.9 Å². The van der Waals surface area contributed by atoms with E-state index in [9.17, 15) is 9.18 Å². The summed E-state index contributed by atoms with van der Waals surface area (Å²) >= 11 is 3.25. The molecule has 0 saturated carbocycles. The summed E-state index contributed by atoms with van der Waals surface area (Å²) in [6, 6.07) is 7.93. The standard InChI is InChI=1S/C16H13BrFNO2/c1-16(7-10-2-4-11(18)5-3-10)8-13(20)12-6-15(17)19-9-14(12)21-16/h2-6,9H,7-8H2,1H3. The lowest BCUT2D eigenvalue weighted by molar-refractivity contribution is 0.0520. The van der Waals surface area contributed by atoms with Crippen LogP contribution < -0.4 is 4.74 Å². The smallest absolute Gasteiger partial charge is 0.170 e. The highest BCUT2D eigenvalue weighted by atomic mass is 79.9. The summed E-state index contributed by atoms with van der Waals surface area (Å²) in [7, 11) is 0. The van der Waals surface area contributed by atoms with E-state index in [4.69, 9.17) is 4.74 Å². The molecule has 1 aliphatic rings. The Morgan fingerprint density at radius 3 is 2.81 bits per heavy atom. The van der Waals surface area contributed by atoms with Gasteiger partial charge in [-0.05, 0) is 46.6 Å². The Morgan fingerprint density at radius 1 is 1.38 bits per heavy atom. The number of rotatable bonds is 2. The van der Waals surface area contributed by atoms with Crippen molar-refractivity contribution in [2.24, 2.45) is 0 Å².